The first-order chi connectivity index (χ1) is 13.5. The maximum Gasteiger partial charge on any atom is 0.414 e. The third-order valence-corrected chi connectivity index (χ3v) is 5.38. The van der Waals surface area contributed by atoms with E-state index in [9.17, 15) is 14.0 Å². The molecule has 8 nitrogen and oxygen atoms in total. The Hall–Kier alpha value is -2.39. The van der Waals surface area contributed by atoms with E-state index in [1.54, 1.807) is 12.1 Å². The molecule has 2 amide bonds. The molecule has 152 valence electrons. The van der Waals surface area contributed by atoms with Crippen LogP contribution < -0.4 is 15.1 Å². The summed E-state index contributed by atoms with van der Waals surface area (Å²) in [5.41, 5.74) is 0.937. The summed E-state index contributed by atoms with van der Waals surface area (Å²) < 4.78 is 31.4. The van der Waals surface area contributed by atoms with Crippen molar-refractivity contribution >= 4 is 23.4 Å². The van der Waals surface area contributed by atoms with Gasteiger partial charge >= 0.3 is 6.09 Å². The Balaban J connectivity index is 1.41. The number of carbonyl (C=O) groups is 2. The highest BCUT2D eigenvalue weighted by atomic mass is 19.1. The predicted octanol–water partition coefficient (Wildman–Crippen LogP) is 1.63. The molecule has 0 aromatic heterocycles. The molecule has 1 aromatic carbocycles. The van der Waals surface area contributed by atoms with Gasteiger partial charge in [-0.3, -0.25) is 9.69 Å². The molecule has 0 radical (unpaired) electrons. The fourth-order valence-corrected chi connectivity index (χ4v) is 3.89. The molecule has 3 heterocycles. The van der Waals surface area contributed by atoms with Gasteiger partial charge in [0.05, 0.1) is 37.7 Å². The maximum absolute atomic E-state index is 14.8. The van der Waals surface area contributed by atoms with Crippen LogP contribution in [0.1, 0.15) is 19.8 Å². The fourth-order valence-electron chi connectivity index (χ4n) is 3.89. The first kappa shape index (κ1) is 18.9. The molecule has 0 unspecified atom stereocenters. The number of hydrogen-bond acceptors (Lipinski definition) is 6. The lowest BCUT2D eigenvalue weighted by molar-refractivity contribution is -0.169. The summed E-state index contributed by atoms with van der Waals surface area (Å²) in [4.78, 5) is 26.5. The number of benzene rings is 1. The number of amides is 2. The average molecular weight is 393 g/mol. The van der Waals surface area contributed by atoms with Crippen LogP contribution in [0.15, 0.2) is 18.2 Å². The maximum atomic E-state index is 14.8. The molecule has 4 rings (SSSR count). The Morgan fingerprint density at radius 3 is 2.64 bits per heavy atom. The molecule has 1 spiro atoms. The van der Waals surface area contributed by atoms with Gasteiger partial charge in [-0.15, -0.1) is 0 Å². The average Bonchev–Trinajstić information content (AvgIpc) is 3.28. The van der Waals surface area contributed by atoms with E-state index >= 15 is 0 Å². The minimum atomic E-state index is -0.544. The molecule has 1 atom stereocenters. The van der Waals surface area contributed by atoms with Gasteiger partial charge in [0.1, 0.15) is 11.9 Å². The largest absolute Gasteiger partial charge is 0.442 e. The lowest BCUT2D eigenvalue weighted by Crippen LogP contribution is -2.45. The molecule has 3 fully saturated rings. The molecular weight excluding hydrogens is 369 g/mol. The van der Waals surface area contributed by atoms with Crippen molar-refractivity contribution in [2.24, 2.45) is 0 Å². The van der Waals surface area contributed by atoms with Gasteiger partial charge in [-0.25, -0.2) is 9.18 Å². The van der Waals surface area contributed by atoms with Crippen molar-refractivity contribution in [1.82, 2.24) is 5.32 Å². The number of rotatable bonds is 4. The highest BCUT2D eigenvalue weighted by Crippen LogP contribution is 2.35. The summed E-state index contributed by atoms with van der Waals surface area (Å²) in [6.45, 7) is 4.39. The SMILES string of the molecule is CC(=O)NC[C@H]1CN(c2ccc(N3CCC4(CC3)OCCO4)c(F)c2)C(=O)O1. The van der Waals surface area contributed by atoms with Crippen LogP contribution in [0, 0.1) is 5.82 Å². The van der Waals surface area contributed by atoms with Crippen LogP contribution in [0.3, 0.4) is 0 Å². The fraction of sp³-hybridized carbons (Fsp3) is 0.579. The molecule has 3 aliphatic rings. The second-order valence-electron chi connectivity index (χ2n) is 7.28. The number of anilines is 2. The monoisotopic (exact) mass is 393 g/mol. The van der Waals surface area contributed by atoms with Crippen molar-refractivity contribution < 1.29 is 28.2 Å². The summed E-state index contributed by atoms with van der Waals surface area (Å²) in [5, 5.41) is 2.62. The number of piperidine rings is 1. The van der Waals surface area contributed by atoms with Gasteiger partial charge in [0.15, 0.2) is 5.79 Å². The van der Waals surface area contributed by atoms with Gasteiger partial charge in [0.25, 0.3) is 0 Å². The van der Waals surface area contributed by atoms with Gasteiger partial charge in [0.2, 0.25) is 5.91 Å². The zero-order valence-electron chi connectivity index (χ0n) is 15.8. The van der Waals surface area contributed by atoms with Gasteiger partial charge in [-0.2, -0.15) is 0 Å². The normalized spacial score (nSPS) is 23.9. The first-order valence-corrected chi connectivity index (χ1v) is 9.51. The second kappa shape index (κ2) is 7.56. The third-order valence-electron chi connectivity index (χ3n) is 5.38. The predicted molar refractivity (Wildman–Crippen MR) is 98.8 cm³/mol. The molecule has 3 saturated heterocycles. The Kier molecular flexibility index (Phi) is 5.11. The zero-order chi connectivity index (χ0) is 19.7. The lowest BCUT2D eigenvalue weighted by atomic mass is 10.0. The standard InChI is InChI=1S/C19H24FN3O5/c1-13(24)21-11-15-12-23(18(25)28-15)14-2-3-17(16(20)10-14)22-6-4-19(5-7-22)26-8-9-27-19/h2-3,10,15H,4-9,11-12H2,1H3,(H,21,24)/t15-/m0/s1. The van der Waals surface area contributed by atoms with E-state index in [2.05, 4.69) is 5.32 Å². The van der Waals surface area contributed by atoms with Gasteiger partial charge in [0, 0.05) is 32.9 Å². The van der Waals surface area contributed by atoms with Crippen LogP contribution in [0.2, 0.25) is 0 Å². The Morgan fingerprint density at radius 2 is 2.00 bits per heavy atom. The van der Waals surface area contributed by atoms with Crippen LogP contribution in [-0.2, 0) is 19.0 Å². The minimum absolute atomic E-state index is 0.193. The van der Waals surface area contributed by atoms with Crippen molar-refractivity contribution in [1.29, 1.82) is 0 Å². The Morgan fingerprint density at radius 1 is 1.29 bits per heavy atom. The summed E-state index contributed by atoms with van der Waals surface area (Å²) in [6.07, 6.45) is 0.386. The van der Waals surface area contributed by atoms with Crippen LogP contribution in [0.25, 0.3) is 0 Å². The molecule has 1 aromatic rings. The van der Waals surface area contributed by atoms with E-state index in [0.29, 0.717) is 50.5 Å². The highest BCUT2D eigenvalue weighted by Gasteiger charge is 2.40. The van der Waals surface area contributed by atoms with Gasteiger partial charge < -0.3 is 24.4 Å². The molecule has 28 heavy (non-hydrogen) atoms. The van der Waals surface area contributed by atoms with E-state index < -0.39 is 18.0 Å². The number of cyclic esters (lactones) is 1. The molecule has 1 N–H and O–H groups in total. The number of nitrogens with zero attached hydrogens (tertiary/aromatic N) is 2. The van der Waals surface area contributed by atoms with E-state index in [-0.39, 0.29) is 24.8 Å². The number of hydrogen-bond donors (Lipinski definition) is 1. The Labute approximate surface area is 162 Å². The van der Waals surface area contributed by atoms with Gasteiger partial charge in [-0.1, -0.05) is 0 Å². The quantitative estimate of drug-likeness (QED) is 0.838. The van der Waals surface area contributed by atoms with E-state index in [4.69, 9.17) is 14.2 Å². The molecule has 0 saturated carbocycles. The van der Waals surface area contributed by atoms with E-state index in [0.717, 1.165) is 0 Å². The van der Waals surface area contributed by atoms with E-state index in [1.807, 2.05) is 4.90 Å². The van der Waals surface area contributed by atoms with Gasteiger partial charge in [-0.05, 0) is 18.2 Å². The number of ether oxygens (including phenoxy) is 3. The van der Waals surface area contributed by atoms with Crippen molar-refractivity contribution in [2.45, 2.75) is 31.7 Å². The molecule has 0 aliphatic carbocycles. The van der Waals surface area contributed by atoms with Crippen LogP contribution >= 0.6 is 0 Å². The van der Waals surface area contributed by atoms with Crippen molar-refractivity contribution in [3.8, 4) is 0 Å². The topological polar surface area (TPSA) is 80.3 Å². The van der Waals surface area contributed by atoms with Crippen molar-refractivity contribution in [3.05, 3.63) is 24.0 Å². The van der Waals surface area contributed by atoms with Crippen LogP contribution in [-0.4, -0.2) is 63.3 Å². The minimum Gasteiger partial charge on any atom is -0.442 e. The molecule has 3 aliphatic heterocycles. The molecule has 0 bridgehead atoms. The van der Waals surface area contributed by atoms with Crippen LogP contribution in [0.5, 0.6) is 0 Å². The molecule has 9 heteroatoms. The number of carbonyl (C=O) groups excluding carboxylic acids is 2. The van der Waals surface area contributed by atoms with Crippen molar-refractivity contribution in [3.63, 3.8) is 0 Å². The highest BCUT2D eigenvalue weighted by molar-refractivity contribution is 5.90. The summed E-state index contributed by atoms with van der Waals surface area (Å²) >= 11 is 0. The van der Waals surface area contributed by atoms with Crippen LogP contribution in [0.4, 0.5) is 20.6 Å². The summed E-state index contributed by atoms with van der Waals surface area (Å²) in [7, 11) is 0. The summed E-state index contributed by atoms with van der Waals surface area (Å²) in [5.74, 6) is -1.09. The smallest absolute Gasteiger partial charge is 0.414 e. The number of halogens is 1. The third kappa shape index (κ3) is 3.77. The first-order valence-electron chi connectivity index (χ1n) is 9.51. The zero-order valence-corrected chi connectivity index (χ0v) is 15.8. The summed E-state index contributed by atoms with van der Waals surface area (Å²) in [6, 6.07) is 4.76. The second-order valence-corrected chi connectivity index (χ2v) is 7.28. The Bertz CT molecular complexity index is 758. The molecular formula is C19H24FN3O5. The van der Waals surface area contributed by atoms with E-state index in [1.165, 1.54) is 17.9 Å². The number of nitrogens with one attached hydrogen (secondary N) is 1. The van der Waals surface area contributed by atoms with Crippen molar-refractivity contribution in [2.75, 3.05) is 49.2 Å². The lowest BCUT2D eigenvalue weighted by Gasteiger charge is -2.38.